The van der Waals surface area contributed by atoms with Crippen LogP contribution >= 0.6 is 0 Å². The summed E-state index contributed by atoms with van der Waals surface area (Å²) in [6, 6.07) is 0. The van der Waals surface area contributed by atoms with Crippen LogP contribution in [0, 0.1) is 0 Å². The molecule has 13 nitrogen and oxygen atoms in total. The molecule has 0 aromatic heterocycles. The summed E-state index contributed by atoms with van der Waals surface area (Å²) >= 11 is 0. The van der Waals surface area contributed by atoms with Gasteiger partial charge < -0.3 is 68.5 Å². The van der Waals surface area contributed by atoms with Crippen LogP contribution in [0.1, 0.15) is 0 Å². The van der Waals surface area contributed by atoms with Gasteiger partial charge in [-0.25, -0.2) is 0 Å². The molecule has 16 heavy (non-hydrogen) atoms. The van der Waals surface area contributed by atoms with Gasteiger partial charge in [0, 0.05) is 0 Å². The van der Waals surface area contributed by atoms with Gasteiger partial charge in [-0.05, 0) is 0 Å². The average molecular weight is 302 g/mol. The third-order valence-electron chi connectivity index (χ3n) is 0. The molecule has 0 heterocycles. The Labute approximate surface area is 136 Å². The Bertz CT molecular complexity index is 29.4. The molecule has 0 fully saturated rings. The van der Waals surface area contributed by atoms with Crippen LogP contribution in [0.3, 0.4) is 0 Å². The third kappa shape index (κ3) is 1180. The van der Waals surface area contributed by atoms with Crippen LogP contribution in [0.5, 0.6) is 0 Å². The summed E-state index contributed by atoms with van der Waals surface area (Å²) in [7, 11) is -5.11. The summed E-state index contributed by atoms with van der Waals surface area (Å²) in [6.45, 7) is 0. The topological polar surface area (TPSA) is 370 Å². The van der Waals surface area contributed by atoms with E-state index in [1.165, 1.54) is 0 Å². The van der Waals surface area contributed by atoms with E-state index in [4.69, 9.17) is 19.2 Å². The number of hydrogen-bond donors (Lipinski definition) is 2. The number of hydrogen-bond acceptors (Lipinski definition) is 4. The summed E-state index contributed by atoms with van der Waals surface area (Å²) in [5, 5.41) is 0. The molecule has 0 amide bonds. The normalized spacial score (nSPS) is 3.75. The molecule has 0 aromatic carbocycles. The van der Waals surface area contributed by atoms with E-state index >= 15 is 0 Å². The monoisotopic (exact) mass is 302 g/mol. The van der Waals surface area contributed by atoms with Crippen molar-refractivity contribution in [1.82, 2.24) is 0 Å². The first-order valence-corrected chi connectivity index (χ1v) is 2.57. The summed E-state index contributed by atoms with van der Waals surface area (Å²) in [6.07, 6.45) is 0. The second-order valence-electron chi connectivity index (χ2n) is 0.548. The first-order valence-electron chi connectivity index (χ1n) is 0.855. The van der Waals surface area contributed by atoms with Gasteiger partial charge in [-0.1, -0.05) is 0 Å². The minimum atomic E-state index is -5.11. The molecule has 20 N–H and O–H groups in total. The standard InChI is InChI=1S/2Na.H2O4Si.9H2O/c;;1-5(2,3)4;;;;;;;;;/h;;1-2H;9*1H2/q2*+1;-2;;;;;;;;;. The van der Waals surface area contributed by atoms with E-state index in [1.54, 1.807) is 0 Å². The van der Waals surface area contributed by atoms with Crippen LogP contribution in [0.2, 0.25) is 0 Å². The molecule has 104 valence electrons. The molecule has 0 atom stereocenters. The fraction of sp³-hybridized carbons (Fsp3) is 0. The van der Waals surface area contributed by atoms with Gasteiger partial charge in [-0.15, -0.1) is 0 Å². The zero-order valence-electron chi connectivity index (χ0n) is 8.71. The maximum Gasteiger partial charge on any atom is 1.00 e. The Morgan fingerprint density at radius 3 is 0.500 bits per heavy atom. The van der Waals surface area contributed by atoms with E-state index in [9.17, 15) is 0 Å². The van der Waals surface area contributed by atoms with Crippen molar-refractivity contribution in [3.05, 3.63) is 0 Å². The summed E-state index contributed by atoms with van der Waals surface area (Å²) < 4.78 is 0. The summed E-state index contributed by atoms with van der Waals surface area (Å²) in [5.41, 5.74) is 0. The van der Waals surface area contributed by atoms with Crippen LogP contribution in [0.15, 0.2) is 0 Å². The Morgan fingerprint density at radius 1 is 0.500 bits per heavy atom. The molecule has 0 radical (unpaired) electrons. The van der Waals surface area contributed by atoms with E-state index < -0.39 is 9.05 Å². The van der Waals surface area contributed by atoms with E-state index in [2.05, 4.69) is 0 Å². The van der Waals surface area contributed by atoms with Crippen molar-refractivity contribution < 1.29 is 128 Å². The van der Waals surface area contributed by atoms with Gasteiger partial charge in [0.1, 0.15) is 9.05 Å². The van der Waals surface area contributed by atoms with Gasteiger partial charge in [0.25, 0.3) is 0 Å². The van der Waals surface area contributed by atoms with Gasteiger partial charge >= 0.3 is 59.1 Å². The van der Waals surface area contributed by atoms with Gasteiger partial charge in [-0.3, -0.25) is 0 Å². The minimum Gasteiger partial charge on any atom is -0.828 e. The molecule has 0 saturated carbocycles. The van der Waals surface area contributed by atoms with Crippen LogP contribution in [0.25, 0.3) is 0 Å². The second kappa shape index (κ2) is 69.4. The van der Waals surface area contributed by atoms with E-state index in [0.717, 1.165) is 0 Å². The van der Waals surface area contributed by atoms with Crippen molar-refractivity contribution >= 4 is 9.05 Å². The Balaban J connectivity index is -0.00000000145. The van der Waals surface area contributed by atoms with Crippen molar-refractivity contribution in [2.75, 3.05) is 0 Å². The molecule has 0 rings (SSSR count). The summed E-state index contributed by atoms with van der Waals surface area (Å²) in [5.74, 6) is 0. The molecule has 0 aromatic rings. The van der Waals surface area contributed by atoms with Crippen LogP contribution in [0.4, 0.5) is 0 Å². The first-order chi connectivity index (χ1) is 2.00. The van der Waals surface area contributed by atoms with Crippen molar-refractivity contribution in [3.8, 4) is 0 Å². The van der Waals surface area contributed by atoms with Crippen molar-refractivity contribution in [2.24, 2.45) is 0 Å². The van der Waals surface area contributed by atoms with E-state index in [0.29, 0.717) is 0 Å². The molecule has 0 aliphatic heterocycles. The van der Waals surface area contributed by atoms with Crippen LogP contribution < -0.4 is 68.7 Å². The second-order valence-corrected chi connectivity index (χ2v) is 1.65. The first kappa shape index (κ1) is 152. The summed E-state index contributed by atoms with van der Waals surface area (Å²) in [4.78, 5) is 31.8. The van der Waals surface area contributed by atoms with Crippen LogP contribution in [-0.4, -0.2) is 67.9 Å². The van der Waals surface area contributed by atoms with E-state index in [1.807, 2.05) is 0 Å². The molecule has 0 spiro atoms. The fourth-order valence-electron chi connectivity index (χ4n) is 0. The van der Waals surface area contributed by atoms with E-state index in [-0.39, 0.29) is 108 Å². The Kier molecular flexibility index (Phi) is 660. The zero-order chi connectivity index (χ0) is 4.50. The predicted molar refractivity (Wildman–Crippen MR) is 42.7 cm³/mol. The van der Waals surface area contributed by atoms with Gasteiger partial charge in [0.15, 0.2) is 0 Å². The van der Waals surface area contributed by atoms with Gasteiger partial charge in [0.05, 0.1) is 0 Å². The zero-order valence-corrected chi connectivity index (χ0v) is 13.7. The molecular weight excluding hydrogens is 282 g/mol. The quantitative estimate of drug-likeness (QED) is 0.411. The maximum atomic E-state index is 8.80. The smallest absolute Gasteiger partial charge is 0.828 e. The molecule has 0 unspecified atom stereocenters. The SMILES string of the molecule is O.O.O.O.O.O.O.O.O.[Na+].[Na+].[O-][Si]([O-])(O)O. The van der Waals surface area contributed by atoms with Crippen molar-refractivity contribution in [1.29, 1.82) is 0 Å². The maximum absolute atomic E-state index is 8.80. The van der Waals surface area contributed by atoms with Gasteiger partial charge in [-0.2, -0.15) is 0 Å². The Morgan fingerprint density at radius 2 is 0.500 bits per heavy atom. The molecule has 16 heteroatoms. The average Bonchev–Trinajstić information content (AvgIpc) is 0.722. The minimum absolute atomic E-state index is 0. The number of rotatable bonds is 0. The predicted octanol–water partition coefficient (Wildman–Crippen LogP) is -17.3. The third-order valence-corrected chi connectivity index (χ3v) is 0. The molecule has 0 aliphatic rings. The Hall–Kier alpha value is 1.70. The fourth-order valence-corrected chi connectivity index (χ4v) is 0. The van der Waals surface area contributed by atoms with Crippen molar-refractivity contribution in [3.63, 3.8) is 0 Å². The van der Waals surface area contributed by atoms with Crippen molar-refractivity contribution in [2.45, 2.75) is 0 Å². The molecule has 0 aliphatic carbocycles. The molecule has 0 saturated heterocycles. The van der Waals surface area contributed by atoms with Crippen LogP contribution in [-0.2, 0) is 0 Å². The molecule has 0 bridgehead atoms. The largest absolute Gasteiger partial charge is 1.00 e. The van der Waals surface area contributed by atoms with Gasteiger partial charge in [0.2, 0.25) is 0 Å². The molecular formula is H20Na2O13Si.